The molecule has 1 aromatic rings. The number of nitrogens with zero attached hydrogens (tertiary/aromatic N) is 1. The fourth-order valence-electron chi connectivity index (χ4n) is 2.71. The lowest BCUT2D eigenvalue weighted by Gasteiger charge is -2.36. The molecule has 116 valence electrons. The van der Waals surface area contributed by atoms with Crippen molar-refractivity contribution in [2.45, 2.75) is 45.3 Å². The molecule has 0 bridgehead atoms. The molecule has 0 aliphatic carbocycles. The smallest absolute Gasteiger partial charge is 0.263 e. The maximum Gasteiger partial charge on any atom is 0.263 e. The first-order valence-electron chi connectivity index (χ1n) is 7.46. The first-order chi connectivity index (χ1) is 10.0. The Hall–Kier alpha value is -1.26. The van der Waals surface area contributed by atoms with Crippen LogP contribution in [0.4, 0.5) is 0 Å². The molecular formula is C16H23ClN2O2. The molecule has 1 aliphatic rings. The number of halogens is 1. The molecule has 2 atom stereocenters. The summed E-state index contributed by atoms with van der Waals surface area (Å²) in [6.07, 6.45) is 2.57. The van der Waals surface area contributed by atoms with Crippen molar-refractivity contribution in [3.8, 4) is 5.75 Å². The molecule has 4 nitrogen and oxygen atoms in total. The van der Waals surface area contributed by atoms with Crippen molar-refractivity contribution in [3.05, 3.63) is 28.8 Å². The number of rotatable bonds is 4. The highest BCUT2D eigenvalue weighted by Gasteiger charge is 2.30. The summed E-state index contributed by atoms with van der Waals surface area (Å²) in [6, 6.07) is 5.68. The van der Waals surface area contributed by atoms with E-state index >= 15 is 0 Å². The molecule has 0 spiro atoms. The molecule has 0 aromatic heterocycles. The van der Waals surface area contributed by atoms with Crippen molar-refractivity contribution in [3.63, 3.8) is 0 Å². The minimum atomic E-state index is -0.559. The highest BCUT2D eigenvalue weighted by atomic mass is 35.5. The Labute approximate surface area is 131 Å². The summed E-state index contributed by atoms with van der Waals surface area (Å²) in [5, 5.41) is 0.522. The van der Waals surface area contributed by atoms with Crippen LogP contribution in [0.3, 0.4) is 0 Å². The van der Waals surface area contributed by atoms with Crippen molar-refractivity contribution < 1.29 is 9.53 Å². The van der Waals surface area contributed by atoms with Crippen LogP contribution >= 0.6 is 11.6 Å². The number of hydrogen-bond donors (Lipinski definition) is 1. The minimum Gasteiger partial charge on any atom is -0.479 e. The number of carbonyl (C=O) groups excluding carboxylic acids is 1. The van der Waals surface area contributed by atoms with E-state index in [1.807, 2.05) is 24.0 Å². The van der Waals surface area contributed by atoms with E-state index in [0.29, 0.717) is 17.3 Å². The Morgan fingerprint density at radius 2 is 2.29 bits per heavy atom. The molecule has 5 heteroatoms. The average Bonchev–Trinajstić information content (AvgIpc) is 2.50. The number of carbonyl (C=O) groups is 1. The molecule has 1 fully saturated rings. The molecule has 1 heterocycles. The predicted molar refractivity (Wildman–Crippen MR) is 84.7 cm³/mol. The van der Waals surface area contributed by atoms with Crippen molar-refractivity contribution >= 4 is 17.5 Å². The van der Waals surface area contributed by atoms with Crippen LogP contribution in [0.15, 0.2) is 18.2 Å². The van der Waals surface area contributed by atoms with E-state index < -0.39 is 6.10 Å². The molecule has 1 saturated heterocycles. The van der Waals surface area contributed by atoms with Crippen LogP contribution < -0.4 is 10.5 Å². The van der Waals surface area contributed by atoms with Crippen molar-refractivity contribution in [1.29, 1.82) is 0 Å². The van der Waals surface area contributed by atoms with Gasteiger partial charge in [0.05, 0.1) is 5.02 Å². The molecule has 0 radical (unpaired) electrons. The van der Waals surface area contributed by atoms with Gasteiger partial charge < -0.3 is 15.4 Å². The van der Waals surface area contributed by atoms with E-state index in [1.165, 1.54) is 0 Å². The standard InChI is InChI=1S/C16H23ClN2O2/c1-11-6-7-14(17)15(9-11)21-12(2)16(20)19-8-4-3-5-13(19)10-18/h6-7,9,12-13H,3-5,8,10,18H2,1-2H3. The first-order valence-corrected chi connectivity index (χ1v) is 7.84. The van der Waals surface area contributed by atoms with Gasteiger partial charge in [0, 0.05) is 19.1 Å². The van der Waals surface area contributed by atoms with E-state index in [4.69, 9.17) is 22.1 Å². The molecule has 2 unspecified atom stereocenters. The van der Waals surface area contributed by atoms with Gasteiger partial charge in [-0.15, -0.1) is 0 Å². The van der Waals surface area contributed by atoms with E-state index in [-0.39, 0.29) is 11.9 Å². The second-order valence-corrected chi connectivity index (χ2v) is 6.02. The van der Waals surface area contributed by atoms with Crippen LogP contribution in [-0.4, -0.2) is 36.0 Å². The summed E-state index contributed by atoms with van der Waals surface area (Å²) < 4.78 is 5.77. The number of piperidine rings is 1. The lowest BCUT2D eigenvalue weighted by atomic mass is 10.0. The lowest BCUT2D eigenvalue weighted by molar-refractivity contribution is -0.141. The van der Waals surface area contributed by atoms with Crippen LogP contribution in [-0.2, 0) is 4.79 Å². The number of nitrogens with two attached hydrogens (primary N) is 1. The normalized spacial score (nSPS) is 20.2. The van der Waals surface area contributed by atoms with Gasteiger partial charge in [0.1, 0.15) is 5.75 Å². The van der Waals surface area contributed by atoms with E-state index in [2.05, 4.69) is 0 Å². The number of ether oxygens (including phenoxy) is 1. The third-order valence-corrected chi connectivity index (χ3v) is 4.23. The number of hydrogen-bond acceptors (Lipinski definition) is 3. The van der Waals surface area contributed by atoms with Gasteiger partial charge in [0.2, 0.25) is 0 Å². The fraction of sp³-hybridized carbons (Fsp3) is 0.562. The Morgan fingerprint density at radius 1 is 1.52 bits per heavy atom. The molecule has 0 saturated carbocycles. The molecule has 2 N–H and O–H groups in total. The lowest BCUT2D eigenvalue weighted by Crippen LogP contribution is -2.51. The average molecular weight is 311 g/mol. The quantitative estimate of drug-likeness (QED) is 0.930. The third-order valence-electron chi connectivity index (χ3n) is 3.92. The zero-order chi connectivity index (χ0) is 15.4. The SMILES string of the molecule is Cc1ccc(Cl)c(OC(C)C(=O)N2CCCCC2CN)c1. The van der Waals surface area contributed by atoms with Crippen LogP contribution in [0, 0.1) is 6.92 Å². The fourth-order valence-corrected chi connectivity index (χ4v) is 2.87. The summed E-state index contributed by atoms with van der Waals surface area (Å²) in [4.78, 5) is 14.4. The van der Waals surface area contributed by atoms with Crippen LogP contribution in [0.25, 0.3) is 0 Å². The molecule has 1 aromatic carbocycles. The van der Waals surface area contributed by atoms with Gasteiger partial charge in [-0.3, -0.25) is 4.79 Å². The number of likely N-dealkylation sites (tertiary alicyclic amines) is 1. The topological polar surface area (TPSA) is 55.6 Å². The highest BCUT2D eigenvalue weighted by Crippen LogP contribution is 2.27. The summed E-state index contributed by atoms with van der Waals surface area (Å²) >= 11 is 6.12. The Balaban J connectivity index is 2.06. The van der Waals surface area contributed by atoms with Crippen LogP contribution in [0.2, 0.25) is 5.02 Å². The van der Waals surface area contributed by atoms with Crippen LogP contribution in [0.5, 0.6) is 5.75 Å². The molecule has 2 rings (SSSR count). The van der Waals surface area contributed by atoms with Gasteiger partial charge in [-0.2, -0.15) is 0 Å². The highest BCUT2D eigenvalue weighted by molar-refractivity contribution is 6.32. The van der Waals surface area contributed by atoms with Crippen LogP contribution in [0.1, 0.15) is 31.7 Å². The largest absolute Gasteiger partial charge is 0.479 e. The number of amides is 1. The Morgan fingerprint density at radius 3 is 3.00 bits per heavy atom. The summed E-state index contributed by atoms with van der Waals surface area (Å²) in [5.74, 6) is 0.543. The van der Waals surface area contributed by atoms with Crippen molar-refractivity contribution in [2.24, 2.45) is 5.73 Å². The monoisotopic (exact) mass is 310 g/mol. The Kier molecular flexibility index (Phi) is 5.48. The molecule has 21 heavy (non-hydrogen) atoms. The van der Waals surface area contributed by atoms with Crippen molar-refractivity contribution in [1.82, 2.24) is 4.90 Å². The maximum absolute atomic E-state index is 12.6. The number of aryl methyl sites for hydroxylation is 1. The van der Waals surface area contributed by atoms with Gasteiger partial charge in [0.25, 0.3) is 5.91 Å². The number of benzene rings is 1. The first kappa shape index (κ1) is 16.1. The van der Waals surface area contributed by atoms with Gasteiger partial charge in [-0.1, -0.05) is 17.7 Å². The molecule has 1 amide bonds. The summed E-state index contributed by atoms with van der Waals surface area (Å²) in [5.41, 5.74) is 6.82. The van der Waals surface area contributed by atoms with Gasteiger partial charge >= 0.3 is 0 Å². The minimum absolute atomic E-state index is 0.0114. The van der Waals surface area contributed by atoms with Crippen molar-refractivity contribution in [2.75, 3.05) is 13.1 Å². The van der Waals surface area contributed by atoms with E-state index in [9.17, 15) is 4.79 Å². The zero-order valence-corrected chi connectivity index (χ0v) is 13.4. The van der Waals surface area contributed by atoms with Gasteiger partial charge in [-0.05, 0) is 50.8 Å². The molecular weight excluding hydrogens is 288 g/mol. The Bertz CT molecular complexity index is 507. The zero-order valence-electron chi connectivity index (χ0n) is 12.6. The van der Waals surface area contributed by atoms with Gasteiger partial charge in [-0.25, -0.2) is 0 Å². The second kappa shape index (κ2) is 7.14. The molecule has 1 aliphatic heterocycles. The second-order valence-electron chi connectivity index (χ2n) is 5.61. The third kappa shape index (κ3) is 3.89. The summed E-state index contributed by atoms with van der Waals surface area (Å²) in [6.45, 7) is 4.99. The van der Waals surface area contributed by atoms with E-state index in [1.54, 1.807) is 13.0 Å². The summed E-state index contributed by atoms with van der Waals surface area (Å²) in [7, 11) is 0. The predicted octanol–water partition coefficient (Wildman–Crippen LogP) is 2.76. The van der Waals surface area contributed by atoms with Gasteiger partial charge in [0.15, 0.2) is 6.10 Å². The van der Waals surface area contributed by atoms with E-state index in [0.717, 1.165) is 31.4 Å². The maximum atomic E-state index is 12.6.